The van der Waals surface area contributed by atoms with E-state index in [4.69, 9.17) is 16.7 Å². The van der Waals surface area contributed by atoms with Crippen LogP contribution in [0.2, 0.25) is 5.02 Å². The van der Waals surface area contributed by atoms with Gasteiger partial charge in [-0.15, -0.1) is 0 Å². The highest BCUT2D eigenvalue weighted by molar-refractivity contribution is 6.31. The van der Waals surface area contributed by atoms with Crippen LogP contribution in [-0.2, 0) is 6.61 Å². The van der Waals surface area contributed by atoms with Crippen LogP contribution in [0.5, 0.6) is 0 Å². The van der Waals surface area contributed by atoms with E-state index >= 15 is 0 Å². The van der Waals surface area contributed by atoms with E-state index in [-0.39, 0.29) is 6.61 Å². The number of halogens is 1. The Kier molecular flexibility index (Phi) is 3.66. The summed E-state index contributed by atoms with van der Waals surface area (Å²) in [5, 5.41) is 9.67. The SMILES string of the molecule is CC1CCCN(c2ccc(Cl)c(CO)n2)C1. The van der Waals surface area contributed by atoms with Crippen molar-refractivity contribution in [1.82, 2.24) is 4.98 Å². The lowest BCUT2D eigenvalue weighted by atomic mass is 10.0. The minimum atomic E-state index is -0.101. The van der Waals surface area contributed by atoms with Gasteiger partial charge in [0.1, 0.15) is 5.82 Å². The van der Waals surface area contributed by atoms with Crippen molar-refractivity contribution in [3.63, 3.8) is 0 Å². The highest BCUT2D eigenvalue weighted by Gasteiger charge is 2.18. The van der Waals surface area contributed by atoms with E-state index in [0.717, 1.165) is 18.9 Å². The summed E-state index contributed by atoms with van der Waals surface area (Å²) < 4.78 is 0. The van der Waals surface area contributed by atoms with Gasteiger partial charge in [-0.1, -0.05) is 18.5 Å². The molecule has 0 amide bonds. The maximum absolute atomic E-state index is 9.13. The number of anilines is 1. The van der Waals surface area contributed by atoms with E-state index in [1.54, 1.807) is 0 Å². The van der Waals surface area contributed by atoms with Crippen molar-refractivity contribution in [2.24, 2.45) is 5.92 Å². The first kappa shape index (κ1) is 11.7. The van der Waals surface area contributed by atoms with Crippen molar-refractivity contribution in [3.05, 3.63) is 22.8 Å². The molecule has 2 rings (SSSR count). The van der Waals surface area contributed by atoms with Crippen LogP contribution in [0, 0.1) is 5.92 Å². The third-order valence-corrected chi connectivity index (χ3v) is 3.38. The van der Waals surface area contributed by atoms with E-state index < -0.39 is 0 Å². The van der Waals surface area contributed by atoms with Crippen molar-refractivity contribution in [2.75, 3.05) is 18.0 Å². The Labute approximate surface area is 101 Å². The van der Waals surface area contributed by atoms with Gasteiger partial charge in [-0.25, -0.2) is 4.98 Å². The van der Waals surface area contributed by atoms with Crippen molar-refractivity contribution in [2.45, 2.75) is 26.4 Å². The predicted molar refractivity (Wildman–Crippen MR) is 65.8 cm³/mol. The highest BCUT2D eigenvalue weighted by atomic mass is 35.5. The van der Waals surface area contributed by atoms with Gasteiger partial charge in [0.2, 0.25) is 0 Å². The first-order valence-electron chi connectivity index (χ1n) is 5.72. The van der Waals surface area contributed by atoms with Gasteiger partial charge in [-0.3, -0.25) is 0 Å². The van der Waals surface area contributed by atoms with Crippen LogP contribution in [0.3, 0.4) is 0 Å². The van der Waals surface area contributed by atoms with Crippen molar-refractivity contribution in [3.8, 4) is 0 Å². The highest BCUT2D eigenvalue weighted by Crippen LogP contribution is 2.24. The fourth-order valence-electron chi connectivity index (χ4n) is 2.16. The van der Waals surface area contributed by atoms with E-state index in [2.05, 4.69) is 16.8 Å². The molecule has 2 heterocycles. The van der Waals surface area contributed by atoms with Crippen LogP contribution in [0.25, 0.3) is 0 Å². The standard InChI is InChI=1S/C12H17ClN2O/c1-9-3-2-6-15(7-9)12-5-4-10(13)11(8-16)14-12/h4-5,9,16H,2-3,6-8H2,1H3. The quantitative estimate of drug-likeness (QED) is 0.863. The summed E-state index contributed by atoms with van der Waals surface area (Å²) in [5.74, 6) is 1.64. The number of nitrogens with zero attached hydrogens (tertiary/aromatic N) is 2. The molecule has 0 spiro atoms. The molecule has 0 aromatic carbocycles. The Morgan fingerprint density at radius 3 is 3.06 bits per heavy atom. The van der Waals surface area contributed by atoms with Gasteiger partial charge in [0.05, 0.1) is 17.3 Å². The van der Waals surface area contributed by atoms with Crippen LogP contribution in [-0.4, -0.2) is 23.2 Å². The van der Waals surface area contributed by atoms with E-state index in [1.807, 2.05) is 12.1 Å². The number of pyridine rings is 1. The Morgan fingerprint density at radius 2 is 2.38 bits per heavy atom. The first-order chi connectivity index (χ1) is 7.70. The van der Waals surface area contributed by atoms with Gasteiger partial charge in [-0.05, 0) is 30.9 Å². The summed E-state index contributed by atoms with van der Waals surface area (Å²) in [7, 11) is 0. The molecule has 1 fully saturated rings. The summed E-state index contributed by atoms with van der Waals surface area (Å²) in [4.78, 5) is 6.66. The molecular weight excluding hydrogens is 224 g/mol. The Hall–Kier alpha value is -0.800. The van der Waals surface area contributed by atoms with Gasteiger partial charge >= 0.3 is 0 Å². The molecule has 16 heavy (non-hydrogen) atoms. The third kappa shape index (κ3) is 2.47. The predicted octanol–water partition coefficient (Wildman–Crippen LogP) is 2.46. The van der Waals surface area contributed by atoms with Crippen LogP contribution < -0.4 is 4.90 Å². The second-order valence-corrected chi connectivity index (χ2v) is 4.86. The Bertz CT molecular complexity index is 370. The van der Waals surface area contributed by atoms with E-state index in [9.17, 15) is 0 Å². The fourth-order valence-corrected chi connectivity index (χ4v) is 2.32. The number of hydrogen-bond acceptors (Lipinski definition) is 3. The molecule has 1 aliphatic heterocycles. The molecule has 1 aromatic rings. The molecule has 0 aliphatic carbocycles. The van der Waals surface area contributed by atoms with Crippen LogP contribution in [0.4, 0.5) is 5.82 Å². The summed E-state index contributed by atoms with van der Waals surface area (Å²) >= 11 is 5.92. The van der Waals surface area contributed by atoms with Crippen LogP contribution >= 0.6 is 11.6 Å². The lowest BCUT2D eigenvalue weighted by molar-refractivity contribution is 0.277. The second kappa shape index (κ2) is 5.02. The van der Waals surface area contributed by atoms with Crippen LogP contribution in [0.1, 0.15) is 25.5 Å². The first-order valence-corrected chi connectivity index (χ1v) is 6.09. The maximum atomic E-state index is 9.13. The zero-order chi connectivity index (χ0) is 11.5. The number of hydrogen-bond donors (Lipinski definition) is 1. The van der Waals surface area contributed by atoms with E-state index in [1.165, 1.54) is 12.8 Å². The van der Waals surface area contributed by atoms with Gasteiger partial charge in [0.15, 0.2) is 0 Å². The van der Waals surface area contributed by atoms with Crippen molar-refractivity contribution < 1.29 is 5.11 Å². The molecule has 0 radical (unpaired) electrons. The van der Waals surface area contributed by atoms with Crippen molar-refractivity contribution >= 4 is 17.4 Å². The molecule has 1 saturated heterocycles. The lowest BCUT2D eigenvalue weighted by Gasteiger charge is -2.32. The molecule has 4 heteroatoms. The third-order valence-electron chi connectivity index (χ3n) is 3.03. The second-order valence-electron chi connectivity index (χ2n) is 4.45. The number of rotatable bonds is 2. The maximum Gasteiger partial charge on any atom is 0.129 e. The Balaban J connectivity index is 2.19. The number of aliphatic hydroxyl groups is 1. The minimum Gasteiger partial charge on any atom is -0.390 e. The summed E-state index contributed by atoms with van der Waals surface area (Å²) in [6.07, 6.45) is 2.50. The molecule has 1 N–H and O–H groups in total. The molecule has 1 aliphatic rings. The monoisotopic (exact) mass is 240 g/mol. The molecule has 1 unspecified atom stereocenters. The number of aliphatic hydroxyl groups excluding tert-OH is 1. The number of aromatic nitrogens is 1. The molecule has 0 saturated carbocycles. The largest absolute Gasteiger partial charge is 0.390 e. The Morgan fingerprint density at radius 1 is 1.56 bits per heavy atom. The normalized spacial score (nSPS) is 21.2. The zero-order valence-electron chi connectivity index (χ0n) is 9.49. The average molecular weight is 241 g/mol. The summed E-state index contributed by atoms with van der Waals surface area (Å²) in [5.41, 5.74) is 0.567. The molecule has 88 valence electrons. The van der Waals surface area contributed by atoms with E-state index in [0.29, 0.717) is 16.6 Å². The number of piperidine rings is 1. The molecule has 0 bridgehead atoms. The van der Waals surface area contributed by atoms with Gasteiger partial charge in [-0.2, -0.15) is 0 Å². The van der Waals surface area contributed by atoms with Gasteiger partial charge < -0.3 is 10.0 Å². The topological polar surface area (TPSA) is 36.4 Å². The summed E-state index contributed by atoms with van der Waals surface area (Å²) in [6, 6.07) is 3.74. The minimum absolute atomic E-state index is 0.101. The molecule has 1 atom stereocenters. The van der Waals surface area contributed by atoms with Crippen molar-refractivity contribution in [1.29, 1.82) is 0 Å². The molecule has 3 nitrogen and oxygen atoms in total. The van der Waals surface area contributed by atoms with Gasteiger partial charge in [0.25, 0.3) is 0 Å². The smallest absolute Gasteiger partial charge is 0.129 e. The van der Waals surface area contributed by atoms with Gasteiger partial charge in [0, 0.05) is 13.1 Å². The fraction of sp³-hybridized carbons (Fsp3) is 0.583. The molecule has 1 aromatic heterocycles. The zero-order valence-corrected chi connectivity index (χ0v) is 10.2. The molecular formula is C12H17ClN2O. The summed E-state index contributed by atoms with van der Waals surface area (Å²) in [6.45, 7) is 4.24. The average Bonchev–Trinajstić information content (AvgIpc) is 2.29. The van der Waals surface area contributed by atoms with Crippen LogP contribution in [0.15, 0.2) is 12.1 Å². The lowest BCUT2D eigenvalue weighted by Crippen LogP contribution is -2.34.